The topological polar surface area (TPSA) is 138 Å². The van der Waals surface area contributed by atoms with Crippen LogP contribution in [0.1, 0.15) is 16.8 Å². The van der Waals surface area contributed by atoms with Crippen LogP contribution in [0, 0.1) is 22.7 Å². The van der Waals surface area contributed by atoms with Crippen LogP contribution in [0.25, 0.3) is 11.1 Å². The second kappa shape index (κ2) is 9.67. The number of hydrogen-bond acceptors (Lipinski definition) is 9. The Morgan fingerprint density at radius 1 is 1.12 bits per heavy atom. The molecule has 160 valence electrons. The van der Waals surface area contributed by atoms with Gasteiger partial charge in [0.2, 0.25) is 0 Å². The van der Waals surface area contributed by atoms with Crippen molar-refractivity contribution in [3.05, 3.63) is 65.5 Å². The minimum atomic E-state index is -0.677. The molecule has 1 aliphatic rings. The molecule has 3 heterocycles. The maximum atomic E-state index is 9.91. The van der Waals surface area contributed by atoms with Crippen molar-refractivity contribution in [3.8, 4) is 29.0 Å². The Labute approximate surface area is 189 Å². The first-order chi connectivity index (χ1) is 15.6. The molecule has 0 aliphatic carbocycles. The Hall–Kier alpha value is -3.63. The summed E-state index contributed by atoms with van der Waals surface area (Å²) in [4.78, 5) is 8.60. The van der Waals surface area contributed by atoms with Crippen LogP contribution in [0.3, 0.4) is 0 Å². The highest BCUT2D eigenvalue weighted by atomic mass is 32.2. The Morgan fingerprint density at radius 2 is 1.91 bits per heavy atom. The van der Waals surface area contributed by atoms with Crippen molar-refractivity contribution in [2.24, 2.45) is 0 Å². The lowest BCUT2D eigenvalue weighted by Crippen LogP contribution is -2.29. The molecule has 1 saturated heterocycles. The number of ether oxygens (including phenoxy) is 2. The second-order valence-electron chi connectivity index (χ2n) is 7.05. The predicted octanol–water partition coefficient (Wildman–Crippen LogP) is 2.90. The van der Waals surface area contributed by atoms with Crippen LogP contribution < -0.4 is 10.5 Å². The van der Waals surface area contributed by atoms with Crippen molar-refractivity contribution in [3.63, 3.8) is 0 Å². The standard InChI is InChI=1S/C23H19N5O3S/c24-9-17-21(14-4-6-16(7-5-14)31-20-12-30-11-19(20)29)18(10-25)23(28-22(17)26)32-13-15-3-1-2-8-27-15/h1-8,19-20,29H,11-13H2,(H2,26,28)/t19-,20-/m1/s1. The van der Waals surface area contributed by atoms with Gasteiger partial charge in [-0.05, 0) is 29.8 Å². The molecule has 2 atom stereocenters. The number of aromatic nitrogens is 2. The van der Waals surface area contributed by atoms with E-state index in [4.69, 9.17) is 15.2 Å². The highest BCUT2D eigenvalue weighted by molar-refractivity contribution is 7.98. The molecule has 1 fully saturated rings. The Morgan fingerprint density at radius 3 is 2.53 bits per heavy atom. The summed E-state index contributed by atoms with van der Waals surface area (Å²) in [6.45, 7) is 0.562. The van der Waals surface area contributed by atoms with Gasteiger partial charge in [0, 0.05) is 17.5 Å². The first-order valence-corrected chi connectivity index (χ1v) is 10.8. The quantitative estimate of drug-likeness (QED) is 0.548. The summed E-state index contributed by atoms with van der Waals surface area (Å²) >= 11 is 1.34. The summed E-state index contributed by atoms with van der Waals surface area (Å²) in [7, 11) is 0. The third-order valence-electron chi connectivity index (χ3n) is 4.93. The Kier molecular flexibility index (Phi) is 6.52. The SMILES string of the molecule is N#Cc1c(N)nc(SCc2ccccn2)c(C#N)c1-c1ccc(O[C@@H]2COC[C@H]2O)cc1. The van der Waals surface area contributed by atoms with Crippen molar-refractivity contribution in [2.45, 2.75) is 23.0 Å². The molecule has 1 aromatic carbocycles. The molecule has 8 nitrogen and oxygen atoms in total. The molecule has 0 bridgehead atoms. The maximum absolute atomic E-state index is 9.91. The fourth-order valence-corrected chi connectivity index (χ4v) is 4.24. The molecule has 1 aliphatic heterocycles. The lowest BCUT2D eigenvalue weighted by molar-refractivity contribution is 0.0733. The van der Waals surface area contributed by atoms with Gasteiger partial charge in [-0.15, -0.1) is 0 Å². The van der Waals surface area contributed by atoms with Gasteiger partial charge in [0.05, 0.1) is 24.5 Å². The van der Waals surface area contributed by atoms with Crippen LogP contribution in [0.15, 0.2) is 53.7 Å². The molecule has 2 aromatic heterocycles. The second-order valence-corrected chi connectivity index (χ2v) is 8.01. The average molecular weight is 446 g/mol. The van der Waals surface area contributed by atoms with Crippen molar-refractivity contribution in [2.75, 3.05) is 18.9 Å². The molecule has 32 heavy (non-hydrogen) atoms. The normalized spacial score (nSPS) is 17.5. The minimum absolute atomic E-state index is 0.0663. The number of pyridine rings is 2. The summed E-state index contributed by atoms with van der Waals surface area (Å²) in [5.74, 6) is 1.12. The average Bonchev–Trinajstić information content (AvgIpc) is 3.22. The van der Waals surface area contributed by atoms with Gasteiger partial charge >= 0.3 is 0 Å². The van der Waals surface area contributed by atoms with E-state index in [1.807, 2.05) is 18.2 Å². The Balaban J connectivity index is 1.67. The van der Waals surface area contributed by atoms with E-state index < -0.39 is 12.2 Å². The molecule has 3 aromatic rings. The van der Waals surface area contributed by atoms with E-state index in [1.165, 1.54) is 11.8 Å². The van der Waals surface area contributed by atoms with E-state index >= 15 is 0 Å². The van der Waals surface area contributed by atoms with Crippen molar-refractivity contribution in [1.29, 1.82) is 10.5 Å². The highest BCUT2D eigenvalue weighted by Gasteiger charge is 2.28. The number of nitrogen functional groups attached to an aromatic ring is 1. The largest absolute Gasteiger partial charge is 0.485 e. The molecule has 0 unspecified atom stereocenters. The van der Waals surface area contributed by atoms with E-state index in [0.717, 1.165) is 5.69 Å². The summed E-state index contributed by atoms with van der Waals surface area (Å²) in [6, 6.07) is 16.8. The van der Waals surface area contributed by atoms with Gasteiger partial charge < -0.3 is 20.3 Å². The molecule has 0 amide bonds. The number of aliphatic hydroxyl groups excluding tert-OH is 1. The molecule has 3 N–H and O–H groups in total. The predicted molar refractivity (Wildman–Crippen MR) is 119 cm³/mol. The van der Waals surface area contributed by atoms with Gasteiger partial charge in [0.25, 0.3) is 0 Å². The number of nitrogens with two attached hydrogens (primary N) is 1. The minimum Gasteiger partial charge on any atom is -0.485 e. The van der Waals surface area contributed by atoms with Crippen molar-refractivity contribution in [1.82, 2.24) is 9.97 Å². The maximum Gasteiger partial charge on any atom is 0.150 e. The lowest BCUT2D eigenvalue weighted by atomic mass is 9.97. The number of anilines is 1. The number of nitriles is 2. The Bertz CT molecular complexity index is 1190. The number of rotatable bonds is 6. The first kappa shape index (κ1) is 21.6. The van der Waals surface area contributed by atoms with Crippen molar-refractivity contribution >= 4 is 17.6 Å². The van der Waals surface area contributed by atoms with Gasteiger partial charge in [0.1, 0.15) is 46.5 Å². The van der Waals surface area contributed by atoms with E-state index in [9.17, 15) is 15.6 Å². The summed E-state index contributed by atoms with van der Waals surface area (Å²) in [5.41, 5.74) is 8.42. The van der Waals surface area contributed by atoms with Crippen molar-refractivity contribution < 1.29 is 14.6 Å². The van der Waals surface area contributed by atoms with E-state index in [0.29, 0.717) is 34.3 Å². The van der Waals surface area contributed by atoms with Gasteiger partial charge in [0.15, 0.2) is 0 Å². The van der Waals surface area contributed by atoms with Gasteiger partial charge in [-0.3, -0.25) is 4.98 Å². The summed E-state index contributed by atoms with van der Waals surface area (Å²) in [5, 5.41) is 29.9. The smallest absolute Gasteiger partial charge is 0.150 e. The third kappa shape index (κ3) is 4.51. The lowest BCUT2D eigenvalue weighted by Gasteiger charge is -2.16. The van der Waals surface area contributed by atoms with Gasteiger partial charge in [-0.2, -0.15) is 10.5 Å². The molecule has 4 rings (SSSR count). The number of hydrogen-bond donors (Lipinski definition) is 2. The van der Waals surface area contributed by atoms with Crippen LogP contribution in [-0.4, -0.2) is 40.5 Å². The zero-order chi connectivity index (χ0) is 22.5. The molecule has 9 heteroatoms. The molecular formula is C23H19N5O3S. The van der Waals surface area contributed by atoms with Crippen LogP contribution in [-0.2, 0) is 10.5 Å². The molecular weight excluding hydrogens is 426 g/mol. The number of benzene rings is 1. The zero-order valence-electron chi connectivity index (χ0n) is 16.9. The number of aliphatic hydroxyl groups is 1. The van der Waals surface area contributed by atoms with E-state index in [1.54, 1.807) is 30.5 Å². The molecule has 0 saturated carbocycles. The van der Waals surface area contributed by atoms with E-state index in [2.05, 4.69) is 22.1 Å². The van der Waals surface area contributed by atoms with Gasteiger partial charge in [-0.25, -0.2) is 4.98 Å². The molecule has 0 radical (unpaired) electrons. The van der Waals surface area contributed by atoms with Crippen LogP contribution in [0.4, 0.5) is 5.82 Å². The number of thioether (sulfide) groups is 1. The molecule has 0 spiro atoms. The first-order valence-electron chi connectivity index (χ1n) is 9.80. The fourth-order valence-electron chi connectivity index (χ4n) is 3.33. The van der Waals surface area contributed by atoms with E-state index in [-0.39, 0.29) is 23.6 Å². The van der Waals surface area contributed by atoms with Crippen LogP contribution >= 0.6 is 11.8 Å². The van der Waals surface area contributed by atoms with Crippen LogP contribution in [0.2, 0.25) is 0 Å². The monoisotopic (exact) mass is 445 g/mol. The third-order valence-corrected chi connectivity index (χ3v) is 5.94. The summed E-state index contributed by atoms with van der Waals surface area (Å²) in [6.07, 6.45) is 0.591. The highest BCUT2D eigenvalue weighted by Crippen LogP contribution is 2.37. The van der Waals surface area contributed by atoms with Gasteiger partial charge in [-0.1, -0.05) is 30.0 Å². The zero-order valence-corrected chi connectivity index (χ0v) is 17.7. The van der Waals surface area contributed by atoms with Crippen LogP contribution in [0.5, 0.6) is 5.75 Å². The number of nitrogens with zero attached hydrogens (tertiary/aromatic N) is 4. The summed E-state index contributed by atoms with van der Waals surface area (Å²) < 4.78 is 11.0. The fraction of sp³-hybridized carbons (Fsp3) is 0.217.